The van der Waals surface area contributed by atoms with Crippen molar-refractivity contribution in [2.24, 2.45) is 5.10 Å². The summed E-state index contributed by atoms with van der Waals surface area (Å²) in [5.41, 5.74) is 2.60. The van der Waals surface area contributed by atoms with Crippen LogP contribution in [0.25, 0.3) is 0 Å². The molecule has 7 nitrogen and oxygen atoms in total. The summed E-state index contributed by atoms with van der Waals surface area (Å²) in [7, 11) is 0. The molecule has 8 heteroatoms. The van der Waals surface area contributed by atoms with Gasteiger partial charge in [0.1, 0.15) is 5.75 Å². The molecule has 0 atom stereocenters. The van der Waals surface area contributed by atoms with Gasteiger partial charge in [0.2, 0.25) is 0 Å². The second-order valence-electron chi connectivity index (χ2n) is 4.19. The van der Waals surface area contributed by atoms with Crippen molar-refractivity contribution in [3.63, 3.8) is 0 Å². The van der Waals surface area contributed by atoms with Gasteiger partial charge in [-0.3, -0.25) is 14.9 Å². The summed E-state index contributed by atoms with van der Waals surface area (Å²) in [6.45, 7) is 0. The zero-order valence-electron chi connectivity index (χ0n) is 11.1. The third-order valence-corrected chi connectivity index (χ3v) is 3.30. The Balaban J connectivity index is 2.17. The van der Waals surface area contributed by atoms with Crippen molar-refractivity contribution in [3.8, 4) is 5.75 Å². The Morgan fingerprint density at radius 1 is 1.32 bits per heavy atom. The highest BCUT2D eigenvalue weighted by atomic mass is 79.9. The third-order valence-electron chi connectivity index (χ3n) is 2.69. The molecule has 0 aromatic heterocycles. The number of carbonyl (C=O) groups is 1. The molecule has 2 aromatic carbocycles. The molecule has 0 saturated heterocycles. The predicted octanol–water partition coefficient (Wildman–Crippen LogP) is 2.83. The Morgan fingerprint density at radius 3 is 2.64 bits per heavy atom. The number of nitrogens with zero attached hydrogens (tertiary/aromatic N) is 2. The number of rotatable bonds is 4. The number of non-ortho nitro benzene ring substituents is 1. The molecule has 0 unspecified atom stereocenters. The number of carbonyl (C=O) groups excluding carboxylic acids is 1. The van der Waals surface area contributed by atoms with Gasteiger partial charge >= 0.3 is 0 Å². The minimum absolute atomic E-state index is 0.106. The van der Waals surface area contributed by atoms with E-state index >= 15 is 0 Å². The van der Waals surface area contributed by atoms with Crippen LogP contribution in [0, 0.1) is 10.1 Å². The number of phenolic OH excluding ortho intramolecular Hbond substituents is 1. The van der Waals surface area contributed by atoms with E-state index < -0.39 is 10.8 Å². The molecule has 112 valence electrons. The van der Waals surface area contributed by atoms with Crippen LogP contribution in [0.1, 0.15) is 15.9 Å². The summed E-state index contributed by atoms with van der Waals surface area (Å²) in [6, 6.07) is 10.8. The molecule has 0 bridgehead atoms. The van der Waals surface area contributed by atoms with Crippen molar-refractivity contribution in [1.82, 2.24) is 5.43 Å². The molecule has 0 fully saturated rings. The number of aromatic hydroxyl groups is 1. The van der Waals surface area contributed by atoms with E-state index in [2.05, 4.69) is 26.5 Å². The van der Waals surface area contributed by atoms with Crippen LogP contribution in [0.2, 0.25) is 0 Å². The summed E-state index contributed by atoms with van der Waals surface area (Å²) >= 11 is 3.02. The number of hydrogen-bond acceptors (Lipinski definition) is 5. The minimum Gasteiger partial charge on any atom is -0.506 e. The molecule has 2 aromatic rings. The molecular weight excluding hydrogens is 354 g/mol. The number of phenols is 1. The fourth-order valence-corrected chi connectivity index (χ4v) is 2.09. The largest absolute Gasteiger partial charge is 0.506 e. The topological polar surface area (TPSA) is 105 Å². The Hall–Kier alpha value is -2.74. The van der Waals surface area contributed by atoms with E-state index in [0.29, 0.717) is 5.56 Å². The number of nitrogens with one attached hydrogen (secondary N) is 1. The van der Waals surface area contributed by atoms with Gasteiger partial charge in [-0.1, -0.05) is 18.2 Å². The maximum absolute atomic E-state index is 11.8. The highest BCUT2D eigenvalue weighted by Crippen LogP contribution is 2.31. The maximum atomic E-state index is 11.8. The van der Waals surface area contributed by atoms with Gasteiger partial charge in [-0.15, -0.1) is 0 Å². The second-order valence-corrected chi connectivity index (χ2v) is 5.04. The molecule has 2 N–H and O–H groups in total. The standard InChI is InChI=1S/C14H10BrN3O4/c15-12-7-11(18(21)22)6-10(13(12)19)8-16-17-14(20)9-4-2-1-3-5-9/h1-8,19H,(H,17,20). The lowest BCUT2D eigenvalue weighted by Gasteiger charge is -2.02. The normalized spacial score (nSPS) is 10.6. The van der Waals surface area contributed by atoms with Gasteiger partial charge in [0.05, 0.1) is 15.6 Å². The molecule has 0 aliphatic rings. The molecule has 1 amide bonds. The number of nitro benzene ring substituents is 1. The molecule has 0 radical (unpaired) electrons. The Kier molecular flexibility index (Phi) is 4.84. The first-order valence-corrected chi connectivity index (χ1v) is 6.83. The third kappa shape index (κ3) is 3.67. The summed E-state index contributed by atoms with van der Waals surface area (Å²) in [6.07, 6.45) is 1.13. The maximum Gasteiger partial charge on any atom is 0.271 e. The van der Waals surface area contributed by atoms with Gasteiger partial charge in [0.15, 0.2) is 0 Å². The van der Waals surface area contributed by atoms with E-state index in [4.69, 9.17) is 0 Å². The van der Waals surface area contributed by atoms with E-state index in [1.165, 1.54) is 6.07 Å². The van der Waals surface area contributed by atoms with Gasteiger partial charge in [-0.25, -0.2) is 5.43 Å². The van der Waals surface area contributed by atoms with Crippen molar-refractivity contribution in [3.05, 3.63) is 68.2 Å². The first-order valence-electron chi connectivity index (χ1n) is 6.04. The van der Waals surface area contributed by atoms with Gasteiger partial charge < -0.3 is 5.11 Å². The summed E-state index contributed by atoms with van der Waals surface area (Å²) in [5, 5.41) is 24.3. The SMILES string of the molecule is O=C(NN=Cc1cc([N+](=O)[O-])cc(Br)c1O)c1ccccc1. The predicted molar refractivity (Wildman–Crippen MR) is 84.0 cm³/mol. The van der Waals surface area contributed by atoms with Crippen molar-refractivity contribution in [2.45, 2.75) is 0 Å². The lowest BCUT2D eigenvalue weighted by Crippen LogP contribution is -2.17. The monoisotopic (exact) mass is 363 g/mol. The van der Waals surface area contributed by atoms with E-state index in [9.17, 15) is 20.0 Å². The van der Waals surface area contributed by atoms with Crippen molar-refractivity contribution >= 4 is 33.7 Å². The zero-order chi connectivity index (χ0) is 16.1. The van der Waals surface area contributed by atoms with Crippen LogP contribution in [0.5, 0.6) is 5.75 Å². The molecule has 0 saturated carbocycles. The van der Waals surface area contributed by atoms with Crippen LogP contribution in [0.4, 0.5) is 5.69 Å². The zero-order valence-corrected chi connectivity index (χ0v) is 12.6. The summed E-state index contributed by atoms with van der Waals surface area (Å²) < 4.78 is 0.164. The van der Waals surface area contributed by atoms with Crippen LogP contribution in [-0.2, 0) is 0 Å². The highest BCUT2D eigenvalue weighted by Gasteiger charge is 2.13. The van der Waals surface area contributed by atoms with E-state index in [-0.39, 0.29) is 21.5 Å². The number of halogens is 1. The molecule has 0 heterocycles. The average molecular weight is 364 g/mol. The number of hydrazone groups is 1. The van der Waals surface area contributed by atoms with Gasteiger partial charge in [0, 0.05) is 23.3 Å². The van der Waals surface area contributed by atoms with Crippen LogP contribution in [0.15, 0.2) is 52.0 Å². The van der Waals surface area contributed by atoms with Crippen molar-refractivity contribution < 1.29 is 14.8 Å². The van der Waals surface area contributed by atoms with E-state index in [1.807, 2.05) is 0 Å². The highest BCUT2D eigenvalue weighted by molar-refractivity contribution is 9.10. The molecular formula is C14H10BrN3O4. The first kappa shape index (κ1) is 15.6. The van der Waals surface area contributed by atoms with Crippen LogP contribution in [0.3, 0.4) is 0 Å². The Morgan fingerprint density at radius 2 is 2.00 bits per heavy atom. The smallest absolute Gasteiger partial charge is 0.271 e. The second kappa shape index (κ2) is 6.81. The Bertz CT molecular complexity index is 747. The van der Waals surface area contributed by atoms with E-state index in [0.717, 1.165) is 12.3 Å². The fourth-order valence-electron chi connectivity index (χ4n) is 1.62. The molecule has 0 aliphatic heterocycles. The van der Waals surface area contributed by atoms with Crippen LogP contribution >= 0.6 is 15.9 Å². The molecule has 22 heavy (non-hydrogen) atoms. The van der Waals surface area contributed by atoms with E-state index in [1.54, 1.807) is 30.3 Å². The Labute approximate surface area is 133 Å². The van der Waals surface area contributed by atoms with Gasteiger partial charge in [-0.05, 0) is 28.1 Å². The van der Waals surface area contributed by atoms with Gasteiger partial charge in [0.25, 0.3) is 11.6 Å². The van der Waals surface area contributed by atoms with Crippen LogP contribution < -0.4 is 5.43 Å². The lowest BCUT2D eigenvalue weighted by molar-refractivity contribution is -0.385. The number of hydrogen-bond donors (Lipinski definition) is 2. The average Bonchev–Trinajstić information content (AvgIpc) is 2.51. The number of nitro groups is 1. The van der Waals surface area contributed by atoms with Crippen LogP contribution in [-0.4, -0.2) is 22.2 Å². The fraction of sp³-hybridized carbons (Fsp3) is 0. The quantitative estimate of drug-likeness (QED) is 0.494. The van der Waals surface area contributed by atoms with Crippen molar-refractivity contribution in [1.29, 1.82) is 0 Å². The lowest BCUT2D eigenvalue weighted by atomic mass is 10.2. The molecule has 0 spiro atoms. The summed E-state index contributed by atoms with van der Waals surface area (Å²) in [4.78, 5) is 21.9. The van der Waals surface area contributed by atoms with Crippen molar-refractivity contribution in [2.75, 3.05) is 0 Å². The molecule has 2 rings (SSSR count). The minimum atomic E-state index is -0.593. The summed E-state index contributed by atoms with van der Waals surface area (Å²) in [5.74, 6) is -0.635. The number of amides is 1. The molecule has 0 aliphatic carbocycles. The van der Waals surface area contributed by atoms with Gasteiger partial charge in [-0.2, -0.15) is 5.10 Å². The number of benzene rings is 2. The first-order chi connectivity index (χ1) is 10.5.